The number of nitrogens with one attached hydrogen (secondary N) is 2. The third-order valence-electron chi connectivity index (χ3n) is 4.07. The SMILES string of the molecule is CC(=O)c1ccccc1Nc1cc(Br)cc(Nc2ccccc2C(C)=O)c1. The molecule has 4 nitrogen and oxygen atoms in total. The summed E-state index contributed by atoms with van der Waals surface area (Å²) >= 11 is 3.52. The Morgan fingerprint density at radius 1 is 0.704 bits per heavy atom. The van der Waals surface area contributed by atoms with Crippen molar-refractivity contribution in [3.63, 3.8) is 0 Å². The fourth-order valence-electron chi connectivity index (χ4n) is 2.84. The minimum absolute atomic E-state index is 0.00170. The molecule has 0 fully saturated rings. The molecule has 136 valence electrons. The fraction of sp³-hybridized carbons (Fsp3) is 0.0909. The highest BCUT2D eigenvalue weighted by molar-refractivity contribution is 9.10. The predicted octanol–water partition coefficient (Wildman–Crippen LogP) is 6.34. The number of anilines is 4. The van der Waals surface area contributed by atoms with Gasteiger partial charge < -0.3 is 10.6 Å². The molecule has 3 rings (SSSR count). The summed E-state index contributed by atoms with van der Waals surface area (Å²) in [5.74, 6) is 0.00339. The average Bonchev–Trinajstić information content (AvgIpc) is 2.61. The van der Waals surface area contributed by atoms with E-state index >= 15 is 0 Å². The number of hydrogen-bond acceptors (Lipinski definition) is 4. The summed E-state index contributed by atoms with van der Waals surface area (Å²) in [5, 5.41) is 6.60. The van der Waals surface area contributed by atoms with Crippen molar-refractivity contribution in [1.82, 2.24) is 0 Å². The molecule has 0 aliphatic rings. The van der Waals surface area contributed by atoms with E-state index in [-0.39, 0.29) is 11.6 Å². The van der Waals surface area contributed by atoms with Gasteiger partial charge in [0.1, 0.15) is 0 Å². The molecule has 27 heavy (non-hydrogen) atoms. The number of Topliss-reactive ketones (excluding diaryl/α,β-unsaturated/α-hetero) is 2. The summed E-state index contributed by atoms with van der Waals surface area (Å²) in [5.41, 5.74) is 4.40. The number of benzene rings is 3. The van der Waals surface area contributed by atoms with Gasteiger partial charge in [0.25, 0.3) is 0 Å². The van der Waals surface area contributed by atoms with E-state index in [1.807, 2.05) is 54.6 Å². The minimum atomic E-state index is 0.00170. The monoisotopic (exact) mass is 422 g/mol. The second-order valence-electron chi connectivity index (χ2n) is 6.18. The summed E-state index contributed by atoms with van der Waals surface area (Å²) in [7, 11) is 0. The first-order valence-corrected chi connectivity index (χ1v) is 9.28. The van der Waals surface area contributed by atoms with E-state index in [2.05, 4.69) is 26.6 Å². The van der Waals surface area contributed by atoms with Crippen LogP contribution in [0.1, 0.15) is 34.6 Å². The van der Waals surface area contributed by atoms with Gasteiger partial charge in [-0.25, -0.2) is 0 Å². The van der Waals surface area contributed by atoms with Gasteiger partial charge in [0.2, 0.25) is 0 Å². The second kappa shape index (κ2) is 8.18. The van der Waals surface area contributed by atoms with E-state index in [0.29, 0.717) is 11.1 Å². The molecule has 0 heterocycles. The normalized spacial score (nSPS) is 10.3. The van der Waals surface area contributed by atoms with Gasteiger partial charge in [-0.1, -0.05) is 40.2 Å². The Morgan fingerprint density at radius 2 is 1.11 bits per heavy atom. The largest absolute Gasteiger partial charge is 0.355 e. The Kier molecular flexibility index (Phi) is 5.72. The van der Waals surface area contributed by atoms with Crippen LogP contribution >= 0.6 is 15.9 Å². The van der Waals surface area contributed by atoms with Crippen LogP contribution in [0.5, 0.6) is 0 Å². The van der Waals surface area contributed by atoms with Gasteiger partial charge in [-0.15, -0.1) is 0 Å². The lowest BCUT2D eigenvalue weighted by atomic mass is 10.1. The fourth-order valence-corrected chi connectivity index (χ4v) is 3.34. The van der Waals surface area contributed by atoms with Crippen molar-refractivity contribution in [3.8, 4) is 0 Å². The van der Waals surface area contributed by atoms with Crippen molar-refractivity contribution >= 4 is 50.2 Å². The second-order valence-corrected chi connectivity index (χ2v) is 7.10. The maximum Gasteiger partial charge on any atom is 0.161 e. The number of ketones is 2. The molecule has 0 spiro atoms. The van der Waals surface area contributed by atoms with Crippen LogP contribution < -0.4 is 10.6 Å². The van der Waals surface area contributed by atoms with Gasteiger partial charge >= 0.3 is 0 Å². The molecule has 3 aromatic carbocycles. The van der Waals surface area contributed by atoms with E-state index in [9.17, 15) is 9.59 Å². The third kappa shape index (κ3) is 4.63. The number of halogens is 1. The standard InChI is InChI=1S/C22H19BrN2O2/c1-14(26)19-7-3-5-9-21(19)24-17-11-16(23)12-18(13-17)25-22-10-6-4-8-20(22)15(2)27/h3-13,24-25H,1-2H3. The zero-order valence-electron chi connectivity index (χ0n) is 15.0. The van der Waals surface area contributed by atoms with Gasteiger partial charge in [0.15, 0.2) is 11.6 Å². The summed E-state index contributed by atoms with van der Waals surface area (Å²) in [4.78, 5) is 23.7. The Morgan fingerprint density at radius 3 is 1.52 bits per heavy atom. The molecule has 0 atom stereocenters. The Labute approximate surface area is 166 Å². The van der Waals surface area contributed by atoms with Crippen LogP contribution in [0.3, 0.4) is 0 Å². The highest BCUT2D eigenvalue weighted by Crippen LogP contribution is 2.30. The van der Waals surface area contributed by atoms with Crippen LogP contribution in [0, 0.1) is 0 Å². The highest BCUT2D eigenvalue weighted by atomic mass is 79.9. The van der Waals surface area contributed by atoms with Crippen molar-refractivity contribution in [2.45, 2.75) is 13.8 Å². The molecule has 0 radical (unpaired) electrons. The van der Waals surface area contributed by atoms with Crippen LogP contribution in [0.15, 0.2) is 71.2 Å². The number of hydrogen-bond donors (Lipinski definition) is 2. The zero-order valence-corrected chi connectivity index (χ0v) is 16.6. The molecule has 0 bridgehead atoms. The zero-order chi connectivity index (χ0) is 19.4. The molecule has 0 amide bonds. The van der Waals surface area contributed by atoms with Gasteiger partial charge in [0, 0.05) is 38.3 Å². The molecular formula is C22H19BrN2O2. The minimum Gasteiger partial charge on any atom is -0.355 e. The number of carbonyl (C=O) groups is 2. The van der Waals surface area contributed by atoms with Crippen LogP contribution in [0.2, 0.25) is 0 Å². The topological polar surface area (TPSA) is 58.2 Å². The third-order valence-corrected chi connectivity index (χ3v) is 4.53. The number of rotatable bonds is 6. The quantitative estimate of drug-likeness (QED) is 0.454. The Balaban J connectivity index is 1.92. The van der Waals surface area contributed by atoms with Crippen molar-refractivity contribution in [2.75, 3.05) is 10.6 Å². The van der Waals surface area contributed by atoms with Crippen molar-refractivity contribution in [2.24, 2.45) is 0 Å². The van der Waals surface area contributed by atoms with Gasteiger partial charge in [-0.05, 0) is 56.3 Å². The Hall–Kier alpha value is -2.92. The number of carbonyl (C=O) groups excluding carboxylic acids is 2. The average molecular weight is 423 g/mol. The summed E-state index contributed by atoms with van der Waals surface area (Å²) in [6.45, 7) is 3.10. The van der Waals surface area contributed by atoms with E-state index in [1.165, 1.54) is 0 Å². The van der Waals surface area contributed by atoms with Crippen molar-refractivity contribution < 1.29 is 9.59 Å². The molecule has 0 aliphatic carbocycles. The molecule has 3 aromatic rings. The molecule has 0 saturated heterocycles. The first-order chi connectivity index (χ1) is 12.9. The molecule has 0 aromatic heterocycles. The van der Waals surface area contributed by atoms with E-state index in [0.717, 1.165) is 27.2 Å². The van der Waals surface area contributed by atoms with Crippen LogP contribution in [-0.2, 0) is 0 Å². The lowest BCUT2D eigenvalue weighted by molar-refractivity contribution is 0.101. The smallest absolute Gasteiger partial charge is 0.161 e. The van der Waals surface area contributed by atoms with Crippen LogP contribution in [-0.4, -0.2) is 11.6 Å². The maximum absolute atomic E-state index is 11.8. The first kappa shape index (κ1) is 18.9. The van der Waals surface area contributed by atoms with Crippen LogP contribution in [0.4, 0.5) is 22.7 Å². The van der Waals surface area contributed by atoms with Gasteiger partial charge in [-0.3, -0.25) is 9.59 Å². The number of para-hydroxylation sites is 2. The molecule has 2 N–H and O–H groups in total. The Bertz CT molecular complexity index is 937. The summed E-state index contributed by atoms with van der Waals surface area (Å²) in [6, 6.07) is 20.6. The van der Waals surface area contributed by atoms with Crippen molar-refractivity contribution in [1.29, 1.82) is 0 Å². The molecular weight excluding hydrogens is 404 g/mol. The highest BCUT2D eigenvalue weighted by Gasteiger charge is 2.10. The summed E-state index contributed by atoms with van der Waals surface area (Å²) < 4.78 is 0.871. The van der Waals surface area contributed by atoms with Crippen LogP contribution in [0.25, 0.3) is 0 Å². The molecule has 0 aliphatic heterocycles. The van der Waals surface area contributed by atoms with Gasteiger partial charge in [-0.2, -0.15) is 0 Å². The van der Waals surface area contributed by atoms with E-state index < -0.39 is 0 Å². The van der Waals surface area contributed by atoms with E-state index in [4.69, 9.17) is 0 Å². The summed E-state index contributed by atoms with van der Waals surface area (Å²) in [6.07, 6.45) is 0. The lowest BCUT2D eigenvalue weighted by Crippen LogP contribution is -2.02. The lowest BCUT2D eigenvalue weighted by Gasteiger charge is -2.14. The molecule has 0 unspecified atom stereocenters. The van der Waals surface area contributed by atoms with E-state index in [1.54, 1.807) is 26.0 Å². The molecule has 0 saturated carbocycles. The van der Waals surface area contributed by atoms with Crippen molar-refractivity contribution in [3.05, 3.63) is 82.3 Å². The maximum atomic E-state index is 11.8. The first-order valence-electron chi connectivity index (χ1n) is 8.48. The van der Waals surface area contributed by atoms with Gasteiger partial charge in [0.05, 0.1) is 0 Å². The predicted molar refractivity (Wildman–Crippen MR) is 114 cm³/mol. The molecule has 5 heteroatoms.